The monoisotopic (exact) mass is 352 g/mol. The van der Waals surface area contributed by atoms with Gasteiger partial charge in [0.05, 0.1) is 11.8 Å². The topological polar surface area (TPSA) is 78.4 Å². The van der Waals surface area contributed by atoms with E-state index >= 15 is 0 Å². The summed E-state index contributed by atoms with van der Waals surface area (Å²) in [4.78, 5) is 21.0. The highest BCUT2D eigenvalue weighted by molar-refractivity contribution is 5.88. The number of benzene rings is 2. The Morgan fingerprint density at radius 1 is 1.15 bits per heavy atom. The maximum atomic E-state index is 14.1. The molecule has 0 saturated carbocycles. The zero-order chi connectivity index (χ0) is 18.5. The van der Waals surface area contributed by atoms with E-state index in [-0.39, 0.29) is 11.4 Å². The van der Waals surface area contributed by atoms with Crippen molar-refractivity contribution in [3.63, 3.8) is 0 Å². The number of carboxylic acids is 1. The summed E-state index contributed by atoms with van der Waals surface area (Å²) in [5, 5.41) is 11.8. The molecule has 0 saturated heterocycles. The Labute approximate surface area is 150 Å². The molecule has 3 aromatic rings. The lowest BCUT2D eigenvalue weighted by Gasteiger charge is -2.18. The molecule has 0 aliphatic heterocycles. The summed E-state index contributed by atoms with van der Waals surface area (Å²) in [6.45, 7) is 0.583. The van der Waals surface area contributed by atoms with Gasteiger partial charge in [0, 0.05) is 19.3 Å². The van der Waals surface area contributed by atoms with Gasteiger partial charge in [0.15, 0.2) is 11.6 Å². The number of hydrogen-bond acceptors (Lipinski definition) is 5. The first-order chi connectivity index (χ1) is 12.5. The first kappa shape index (κ1) is 17.3. The van der Waals surface area contributed by atoms with E-state index in [9.17, 15) is 9.18 Å². The minimum Gasteiger partial charge on any atom is -0.478 e. The Hall–Kier alpha value is -3.48. The van der Waals surface area contributed by atoms with Crippen LogP contribution < -0.4 is 10.2 Å². The third-order valence-electron chi connectivity index (χ3n) is 3.73. The minimum absolute atomic E-state index is 0.0259. The number of carbonyl (C=O) groups is 1. The summed E-state index contributed by atoms with van der Waals surface area (Å²) in [5.74, 6) is -1.21. The van der Waals surface area contributed by atoms with Gasteiger partial charge in [-0.1, -0.05) is 30.3 Å². The molecule has 7 heteroatoms. The first-order valence-corrected chi connectivity index (χ1v) is 7.91. The molecule has 3 rings (SSSR count). The number of nitrogens with zero attached hydrogens (tertiary/aromatic N) is 3. The second-order valence-electron chi connectivity index (χ2n) is 5.72. The van der Waals surface area contributed by atoms with Gasteiger partial charge in [-0.3, -0.25) is 0 Å². The zero-order valence-corrected chi connectivity index (χ0v) is 14.1. The van der Waals surface area contributed by atoms with Crippen LogP contribution in [0.15, 0.2) is 60.8 Å². The van der Waals surface area contributed by atoms with E-state index in [2.05, 4.69) is 15.3 Å². The average Bonchev–Trinajstić information content (AvgIpc) is 2.64. The molecule has 0 amide bonds. The third-order valence-corrected chi connectivity index (χ3v) is 3.73. The number of hydrogen-bond donors (Lipinski definition) is 2. The van der Waals surface area contributed by atoms with Crippen molar-refractivity contribution in [3.05, 3.63) is 77.7 Å². The average molecular weight is 352 g/mol. The predicted octanol–water partition coefficient (Wildman–Crippen LogP) is 3.69. The second kappa shape index (κ2) is 7.60. The van der Waals surface area contributed by atoms with Crippen LogP contribution in [0.4, 0.5) is 21.8 Å². The van der Waals surface area contributed by atoms with Gasteiger partial charge in [0.25, 0.3) is 0 Å². The third kappa shape index (κ3) is 4.13. The molecule has 0 radical (unpaired) electrons. The lowest BCUT2D eigenvalue weighted by molar-refractivity contribution is 0.0697. The molecule has 1 heterocycles. The fourth-order valence-electron chi connectivity index (χ4n) is 2.39. The standard InChI is InChI=1S/C19H17FN4O2/c1-24(12-13-5-3-2-4-6-13)19-21-11-16(20)17(23-19)22-15-9-7-14(8-10-15)18(25)26/h2-11H,12H2,1H3,(H,25,26)(H,21,22,23). The predicted molar refractivity (Wildman–Crippen MR) is 97.2 cm³/mol. The van der Waals surface area contributed by atoms with Gasteiger partial charge < -0.3 is 15.3 Å². The second-order valence-corrected chi connectivity index (χ2v) is 5.72. The quantitative estimate of drug-likeness (QED) is 0.704. The summed E-state index contributed by atoms with van der Waals surface area (Å²) >= 11 is 0. The summed E-state index contributed by atoms with van der Waals surface area (Å²) in [5.41, 5.74) is 1.77. The van der Waals surface area contributed by atoms with E-state index in [0.29, 0.717) is 18.2 Å². The maximum absolute atomic E-state index is 14.1. The molecule has 0 bridgehead atoms. The number of carboxylic acid groups (broad SMARTS) is 1. The minimum atomic E-state index is -1.02. The summed E-state index contributed by atoms with van der Waals surface area (Å²) in [7, 11) is 1.83. The van der Waals surface area contributed by atoms with Gasteiger partial charge in [0.2, 0.25) is 5.95 Å². The molecule has 2 aromatic carbocycles. The molecule has 132 valence electrons. The van der Waals surface area contributed by atoms with Crippen molar-refractivity contribution in [2.24, 2.45) is 0 Å². The highest BCUT2D eigenvalue weighted by atomic mass is 19.1. The van der Waals surface area contributed by atoms with Gasteiger partial charge in [-0.25, -0.2) is 14.2 Å². The number of rotatable bonds is 6. The largest absolute Gasteiger partial charge is 0.478 e. The van der Waals surface area contributed by atoms with Crippen molar-refractivity contribution in [1.29, 1.82) is 0 Å². The van der Waals surface area contributed by atoms with Crippen LogP contribution in [0, 0.1) is 5.82 Å². The van der Waals surface area contributed by atoms with Crippen LogP contribution in [0.25, 0.3) is 0 Å². The van der Waals surface area contributed by atoms with Gasteiger partial charge >= 0.3 is 5.97 Å². The van der Waals surface area contributed by atoms with Crippen molar-refractivity contribution in [2.75, 3.05) is 17.3 Å². The normalized spacial score (nSPS) is 10.4. The van der Waals surface area contributed by atoms with E-state index in [0.717, 1.165) is 11.8 Å². The number of anilines is 3. The lowest BCUT2D eigenvalue weighted by Crippen LogP contribution is -2.19. The Balaban J connectivity index is 1.77. The van der Waals surface area contributed by atoms with Crippen molar-refractivity contribution < 1.29 is 14.3 Å². The highest BCUT2D eigenvalue weighted by Crippen LogP contribution is 2.20. The zero-order valence-electron chi connectivity index (χ0n) is 14.1. The highest BCUT2D eigenvalue weighted by Gasteiger charge is 2.11. The Bertz CT molecular complexity index is 901. The van der Waals surface area contributed by atoms with Gasteiger partial charge in [-0.05, 0) is 29.8 Å². The molecule has 1 aromatic heterocycles. The maximum Gasteiger partial charge on any atom is 0.335 e. The smallest absolute Gasteiger partial charge is 0.335 e. The van der Waals surface area contributed by atoms with Gasteiger partial charge in [0.1, 0.15) is 0 Å². The van der Waals surface area contributed by atoms with Crippen LogP contribution in [0.2, 0.25) is 0 Å². The molecular formula is C19H17FN4O2. The number of halogens is 1. The Morgan fingerprint density at radius 2 is 1.85 bits per heavy atom. The molecule has 0 aliphatic rings. The summed E-state index contributed by atoms with van der Waals surface area (Å²) in [6, 6.07) is 15.8. The molecule has 0 unspecified atom stereocenters. The Kier molecular flexibility index (Phi) is 5.07. The van der Waals surface area contributed by atoms with Crippen LogP contribution in [0.3, 0.4) is 0 Å². The van der Waals surface area contributed by atoms with Crippen molar-refractivity contribution in [2.45, 2.75) is 6.54 Å². The molecule has 6 nitrogen and oxygen atoms in total. The van der Waals surface area contributed by atoms with Gasteiger partial charge in [-0.2, -0.15) is 4.98 Å². The van der Waals surface area contributed by atoms with E-state index in [1.807, 2.05) is 42.3 Å². The summed E-state index contributed by atoms with van der Waals surface area (Å²) < 4.78 is 14.1. The molecule has 0 atom stereocenters. The van der Waals surface area contributed by atoms with Gasteiger partial charge in [-0.15, -0.1) is 0 Å². The molecule has 2 N–H and O–H groups in total. The summed E-state index contributed by atoms with van der Waals surface area (Å²) in [6.07, 6.45) is 1.11. The fraction of sp³-hybridized carbons (Fsp3) is 0.105. The molecular weight excluding hydrogens is 335 g/mol. The van der Waals surface area contributed by atoms with Crippen molar-refractivity contribution in [3.8, 4) is 0 Å². The van der Waals surface area contributed by atoms with Crippen molar-refractivity contribution >= 4 is 23.4 Å². The van der Waals surface area contributed by atoms with Crippen molar-refractivity contribution in [1.82, 2.24) is 9.97 Å². The Morgan fingerprint density at radius 3 is 2.50 bits per heavy atom. The molecule has 0 fully saturated rings. The van der Waals surface area contributed by atoms with E-state index in [4.69, 9.17) is 5.11 Å². The molecule has 0 spiro atoms. The fourth-order valence-corrected chi connectivity index (χ4v) is 2.39. The van der Waals surface area contributed by atoms with Crippen LogP contribution in [0.1, 0.15) is 15.9 Å². The van der Waals surface area contributed by atoms with Crippen LogP contribution >= 0.6 is 0 Å². The van der Waals surface area contributed by atoms with E-state index < -0.39 is 11.8 Å². The van der Waals surface area contributed by atoms with E-state index in [1.54, 1.807) is 12.1 Å². The SMILES string of the molecule is CN(Cc1ccccc1)c1ncc(F)c(Nc2ccc(C(=O)O)cc2)n1. The lowest BCUT2D eigenvalue weighted by atomic mass is 10.2. The number of nitrogens with one attached hydrogen (secondary N) is 1. The van der Waals surface area contributed by atoms with Crippen LogP contribution in [-0.2, 0) is 6.54 Å². The van der Waals surface area contributed by atoms with E-state index in [1.165, 1.54) is 12.1 Å². The number of aromatic carboxylic acids is 1. The molecule has 0 aliphatic carbocycles. The number of aromatic nitrogens is 2. The van der Waals surface area contributed by atoms with Crippen LogP contribution in [-0.4, -0.2) is 28.1 Å². The molecule has 26 heavy (non-hydrogen) atoms. The van der Waals surface area contributed by atoms with Crippen LogP contribution in [0.5, 0.6) is 0 Å². The first-order valence-electron chi connectivity index (χ1n) is 7.91.